The van der Waals surface area contributed by atoms with E-state index < -0.39 is 0 Å². The first-order valence-corrected chi connectivity index (χ1v) is 15.7. The molecule has 2 N–H and O–H groups in total. The molecule has 1 aromatic heterocycles. The Morgan fingerprint density at radius 2 is 1.64 bits per heavy atom. The monoisotopic (exact) mass is 591 g/mol. The number of benzene rings is 1. The standard InChI is InChI=1S/C32H45N7O2S/c1-5-14-28(36)26-21-25(39(19-12-8-6-10-17-33)20-13-9-7-11-18-34)15-16-29(26)37-38-31-27(22-35)30(32(40-4)42-31)41-23-24(2)3/h15-16,21,24,28H,5-14,19-20,23,36H2,1-4H3. The molecule has 42 heavy (non-hydrogen) atoms. The first-order chi connectivity index (χ1) is 20.4. The number of nitrogens with zero attached hydrogens (tertiary/aromatic N) is 6. The Labute approximate surface area is 255 Å². The zero-order chi connectivity index (χ0) is 30.7. The maximum atomic E-state index is 9.88. The summed E-state index contributed by atoms with van der Waals surface area (Å²) in [5, 5.41) is 37.6. The second kappa shape index (κ2) is 19.5. The van der Waals surface area contributed by atoms with Crippen molar-refractivity contribution in [1.82, 2.24) is 0 Å². The van der Waals surface area contributed by atoms with E-state index in [9.17, 15) is 5.26 Å². The fraction of sp³-hybridized carbons (Fsp3) is 0.594. The number of nitriles is 3. The van der Waals surface area contributed by atoms with Gasteiger partial charge in [-0.15, -0.1) is 10.2 Å². The quantitative estimate of drug-likeness (QED) is 0.120. The molecule has 1 aromatic carbocycles. The Morgan fingerprint density at radius 3 is 2.19 bits per heavy atom. The molecule has 0 aliphatic heterocycles. The van der Waals surface area contributed by atoms with Gasteiger partial charge in [0.25, 0.3) is 0 Å². The van der Waals surface area contributed by atoms with E-state index in [0.717, 1.165) is 75.7 Å². The van der Waals surface area contributed by atoms with Gasteiger partial charge in [-0.05, 0) is 61.8 Å². The molecule has 1 atom stereocenters. The Bertz CT molecular complexity index is 1230. The highest BCUT2D eigenvalue weighted by atomic mass is 32.1. The Morgan fingerprint density at radius 1 is 0.976 bits per heavy atom. The van der Waals surface area contributed by atoms with Crippen LogP contribution in [0.4, 0.5) is 16.4 Å². The van der Waals surface area contributed by atoms with Crippen LogP contribution in [0.3, 0.4) is 0 Å². The highest BCUT2D eigenvalue weighted by Crippen LogP contribution is 2.47. The van der Waals surface area contributed by atoms with Crippen molar-refractivity contribution in [3.63, 3.8) is 0 Å². The first-order valence-electron chi connectivity index (χ1n) is 14.9. The molecule has 0 bridgehead atoms. The molecule has 226 valence electrons. The number of anilines is 1. The smallest absolute Gasteiger partial charge is 0.220 e. The van der Waals surface area contributed by atoms with Gasteiger partial charge in [0.15, 0.2) is 10.8 Å². The van der Waals surface area contributed by atoms with Crippen LogP contribution in [0.25, 0.3) is 0 Å². The van der Waals surface area contributed by atoms with Gasteiger partial charge in [-0.2, -0.15) is 15.8 Å². The van der Waals surface area contributed by atoms with Crippen molar-refractivity contribution in [3.05, 3.63) is 29.3 Å². The van der Waals surface area contributed by atoms with Gasteiger partial charge in [-0.3, -0.25) is 0 Å². The van der Waals surface area contributed by atoms with Crippen LogP contribution in [-0.2, 0) is 0 Å². The molecule has 0 aliphatic rings. The summed E-state index contributed by atoms with van der Waals surface area (Å²) in [6, 6.07) is 12.6. The molecule has 2 aromatic rings. The van der Waals surface area contributed by atoms with E-state index in [4.69, 9.17) is 25.7 Å². The zero-order valence-corrected chi connectivity index (χ0v) is 26.4. The Balaban J connectivity index is 2.39. The van der Waals surface area contributed by atoms with E-state index in [2.05, 4.69) is 52.4 Å². The summed E-state index contributed by atoms with van der Waals surface area (Å²) in [5.74, 6) is 0.702. The van der Waals surface area contributed by atoms with E-state index >= 15 is 0 Å². The van der Waals surface area contributed by atoms with Crippen molar-refractivity contribution in [2.45, 2.75) is 91.0 Å². The van der Waals surface area contributed by atoms with E-state index in [1.807, 2.05) is 19.9 Å². The maximum Gasteiger partial charge on any atom is 0.220 e. The van der Waals surface area contributed by atoms with Crippen molar-refractivity contribution in [2.75, 3.05) is 31.7 Å². The maximum absolute atomic E-state index is 9.88. The fourth-order valence-corrected chi connectivity index (χ4v) is 5.33. The molecule has 1 unspecified atom stereocenters. The van der Waals surface area contributed by atoms with E-state index in [1.165, 1.54) is 11.3 Å². The summed E-state index contributed by atoms with van der Waals surface area (Å²) in [6.45, 7) is 8.42. The largest absolute Gasteiger partial charge is 0.487 e. The minimum absolute atomic E-state index is 0.213. The third-order valence-corrected chi connectivity index (χ3v) is 7.75. The van der Waals surface area contributed by atoms with Crippen LogP contribution < -0.4 is 20.1 Å². The molecular formula is C32H45N7O2S. The molecule has 0 aliphatic carbocycles. The molecule has 0 saturated carbocycles. The molecule has 9 nitrogen and oxygen atoms in total. The average molecular weight is 592 g/mol. The van der Waals surface area contributed by atoms with Crippen LogP contribution in [0.15, 0.2) is 28.4 Å². The van der Waals surface area contributed by atoms with Crippen LogP contribution in [0.1, 0.15) is 102 Å². The second-order valence-corrected chi connectivity index (χ2v) is 11.6. The number of unbranched alkanes of at least 4 members (excludes halogenated alkanes) is 6. The molecule has 1 heterocycles. The van der Waals surface area contributed by atoms with Crippen molar-refractivity contribution in [2.24, 2.45) is 21.9 Å². The SMILES string of the molecule is CCCC(N)c1cc(N(CCCCCC#N)CCCCCC#N)ccc1N=Nc1sc(OC)c(OCC(C)C)c1C#N. The molecule has 0 amide bonds. The van der Waals surface area contributed by atoms with Gasteiger partial charge in [-0.25, -0.2) is 0 Å². The third-order valence-electron chi connectivity index (χ3n) is 6.73. The number of ether oxygens (including phenoxy) is 2. The Kier molecular flexibility index (Phi) is 16.0. The van der Waals surface area contributed by atoms with Crippen LogP contribution in [0.5, 0.6) is 10.8 Å². The highest BCUT2D eigenvalue weighted by molar-refractivity contribution is 7.18. The van der Waals surface area contributed by atoms with Crippen LogP contribution in [-0.4, -0.2) is 26.8 Å². The normalized spacial score (nSPS) is 11.7. The van der Waals surface area contributed by atoms with Crippen molar-refractivity contribution < 1.29 is 9.47 Å². The molecule has 10 heteroatoms. The van der Waals surface area contributed by atoms with Crippen molar-refractivity contribution in [3.8, 4) is 29.0 Å². The van der Waals surface area contributed by atoms with E-state index in [0.29, 0.717) is 52.4 Å². The summed E-state index contributed by atoms with van der Waals surface area (Å²) in [6.07, 6.45) is 8.70. The minimum Gasteiger partial charge on any atom is -0.487 e. The molecule has 2 rings (SSSR count). The number of rotatable bonds is 20. The number of hydrogen-bond donors (Lipinski definition) is 1. The number of methoxy groups -OCH3 is 1. The van der Waals surface area contributed by atoms with Gasteiger partial charge in [0.1, 0.15) is 11.6 Å². The number of nitrogens with two attached hydrogens (primary N) is 1. The minimum atomic E-state index is -0.213. The fourth-order valence-electron chi connectivity index (χ4n) is 4.50. The van der Waals surface area contributed by atoms with Crippen molar-refractivity contribution >= 4 is 27.7 Å². The first kappa shape index (κ1) is 34.6. The summed E-state index contributed by atoms with van der Waals surface area (Å²) in [5.41, 5.74) is 9.63. The van der Waals surface area contributed by atoms with E-state index in [-0.39, 0.29) is 6.04 Å². The predicted octanol–water partition coefficient (Wildman–Crippen LogP) is 8.85. The molecule has 0 fully saturated rings. The van der Waals surface area contributed by atoms with E-state index in [1.54, 1.807) is 7.11 Å². The highest BCUT2D eigenvalue weighted by Gasteiger charge is 2.22. The third kappa shape index (κ3) is 11.0. The van der Waals surface area contributed by atoms with Gasteiger partial charge in [0.05, 0.1) is 31.5 Å². The summed E-state index contributed by atoms with van der Waals surface area (Å²) in [7, 11) is 1.55. The summed E-state index contributed by atoms with van der Waals surface area (Å²) >= 11 is 1.23. The predicted molar refractivity (Wildman–Crippen MR) is 169 cm³/mol. The van der Waals surface area contributed by atoms with Crippen LogP contribution in [0.2, 0.25) is 0 Å². The molecule has 0 saturated heterocycles. The molecular weight excluding hydrogens is 546 g/mol. The van der Waals surface area contributed by atoms with Gasteiger partial charge in [-0.1, -0.05) is 51.4 Å². The second-order valence-electron chi connectivity index (χ2n) is 10.7. The summed E-state index contributed by atoms with van der Waals surface area (Å²) in [4.78, 5) is 2.37. The molecule has 0 radical (unpaired) electrons. The van der Waals surface area contributed by atoms with Gasteiger partial charge in [0, 0.05) is 37.7 Å². The van der Waals surface area contributed by atoms with Gasteiger partial charge < -0.3 is 20.1 Å². The van der Waals surface area contributed by atoms with Gasteiger partial charge in [0.2, 0.25) is 5.06 Å². The number of azo groups is 1. The lowest BCUT2D eigenvalue weighted by atomic mass is 10.00. The van der Waals surface area contributed by atoms with Gasteiger partial charge >= 0.3 is 0 Å². The topological polar surface area (TPSA) is 144 Å². The lowest BCUT2D eigenvalue weighted by molar-refractivity contribution is 0.259. The lowest BCUT2D eigenvalue weighted by Gasteiger charge is -2.26. The molecule has 0 spiro atoms. The van der Waals surface area contributed by atoms with Crippen LogP contribution >= 0.6 is 11.3 Å². The zero-order valence-electron chi connectivity index (χ0n) is 25.6. The summed E-state index contributed by atoms with van der Waals surface area (Å²) < 4.78 is 11.4. The van der Waals surface area contributed by atoms with Crippen molar-refractivity contribution in [1.29, 1.82) is 15.8 Å². The average Bonchev–Trinajstić information content (AvgIpc) is 3.34. The number of hydrogen-bond acceptors (Lipinski definition) is 10. The number of thiophene rings is 1. The van der Waals surface area contributed by atoms with Crippen LogP contribution in [0, 0.1) is 39.9 Å². The lowest BCUT2D eigenvalue weighted by Crippen LogP contribution is -2.26. The Hall–Kier alpha value is -3.65.